The lowest BCUT2D eigenvalue weighted by molar-refractivity contribution is 0.169. The number of benzene rings is 3. The van der Waals surface area contributed by atoms with Crippen LogP contribution in [0.5, 0.6) is 34.5 Å². The number of halogens is 2. The molecule has 4 rings (SSSR count). The van der Waals surface area contributed by atoms with Gasteiger partial charge in [-0.1, -0.05) is 6.07 Å². The first kappa shape index (κ1) is 21.6. The highest BCUT2D eigenvalue weighted by molar-refractivity contribution is 9.13. The largest absolute Gasteiger partial charge is 0.504 e. The Labute approximate surface area is 191 Å². The van der Waals surface area contributed by atoms with Gasteiger partial charge in [-0.15, -0.1) is 0 Å². The molecule has 0 atom stereocenters. The van der Waals surface area contributed by atoms with E-state index in [-0.39, 0.29) is 26.1 Å². The first-order valence-electron chi connectivity index (χ1n) is 8.36. The zero-order valence-electron chi connectivity index (χ0n) is 15.0. The van der Waals surface area contributed by atoms with E-state index in [9.17, 15) is 39.1 Å². The summed E-state index contributed by atoms with van der Waals surface area (Å²) < 4.78 is 32.1. The first-order valence-corrected chi connectivity index (χ1v) is 11.4. The molecule has 1 heterocycles. The molecule has 31 heavy (non-hydrogen) atoms. The molecule has 3 aromatic rings. The molecule has 0 bridgehead atoms. The quantitative estimate of drug-likeness (QED) is 0.198. The molecule has 0 saturated carbocycles. The third-order valence-electron chi connectivity index (χ3n) is 4.93. The highest BCUT2D eigenvalue weighted by atomic mass is 79.9. The van der Waals surface area contributed by atoms with Crippen molar-refractivity contribution in [2.24, 2.45) is 0 Å². The Bertz CT molecular complexity index is 1310. The van der Waals surface area contributed by atoms with Crippen LogP contribution in [0.15, 0.2) is 50.2 Å². The van der Waals surface area contributed by atoms with Gasteiger partial charge < -0.3 is 30.6 Å². The van der Waals surface area contributed by atoms with Crippen molar-refractivity contribution >= 4 is 42.0 Å². The van der Waals surface area contributed by atoms with Crippen molar-refractivity contribution in [1.29, 1.82) is 0 Å². The number of rotatable bonds is 2. The van der Waals surface area contributed by atoms with Crippen LogP contribution in [0, 0.1) is 0 Å². The molecule has 3 aromatic carbocycles. The van der Waals surface area contributed by atoms with Gasteiger partial charge in [-0.3, -0.25) is 0 Å². The average Bonchev–Trinajstić information content (AvgIpc) is 2.95. The molecule has 0 fully saturated rings. The van der Waals surface area contributed by atoms with Gasteiger partial charge in [0.2, 0.25) is 11.5 Å². The van der Waals surface area contributed by atoms with E-state index in [1.165, 1.54) is 12.1 Å². The molecule has 162 valence electrons. The van der Waals surface area contributed by atoms with Gasteiger partial charge in [0.05, 0.1) is 4.47 Å². The summed E-state index contributed by atoms with van der Waals surface area (Å²) in [6, 6.07) is 7.00. The highest BCUT2D eigenvalue weighted by Crippen LogP contribution is 2.59. The van der Waals surface area contributed by atoms with Crippen molar-refractivity contribution in [2.75, 3.05) is 0 Å². The topological polar surface area (TPSA) is 165 Å². The number of aromatic hydroxyl groups is 6. The lowest BCUT2D eigenvalue weighted by atomic mass is 9.79. The summed E-state index contributed by atoms with van der Waals surface area (Å²) in [7, 11) is -4.53. The van der Waals surface area contributed by atoms with E-state index in [0.717, 1.165) is 24.3 Å². The molecule has 0 unspecified atom stereocenters. The monoisotopic (exact) mass is 574 g/mol. The summed E-state index contributed by atoms with van der Waals surface area (Å²) >= 11 is 6.39. The first-order chi connectivity index (χ1) is 14.4. The Hall–Kier alpha value is -2.67. The maximum absolute atomic E-state index is 13.1. The number of hydrogen-bond acceptors (Lipinski definition) is 9. The molecule has 0 spiro atoms. The van der Waals surface area contributed by atoms with E-state index in [2.05, 4.69) is 31.9 Å². The van der Waals surface area contributed by atoms with Crippen LogP contribution in [-0.2, 0) is 19.9 Å². The zero-order chi connectivity index (χ0) is 22.9. The standard InChI is InChI=1S/C19H12Br2O9S/c20-10-4-1-9-18(13(10)21)31(28,29)30-19(9,7-2-5-11(22)16(26)14(7)24)8-3-6-12(23)17(27)15(8)25/h1-6,22-27H. The van der Waals surface area contributed by atoms with Gasteiger partial charge >= 0.3 is 0 Å². The fourth-order valence-corrected chi connectivity index (χ4v) is 6.43. The van der Waals surface area contributed by atoms with Crippen molar-refractivity contribution in [3.63, 3.8) is 0 Å². The van der Waals surface area contributed by atoms with Gasteiger partial charge in [0.25, 0.3) is 10.1 Å². The van der Waals surface area contributed by atoms with Crippen LogP contribution >= 0.6 is 31.9 Å². The Kier molecular flexibility index (Phi) is 4.81. The van der Waals surface area contributed by atoms with Crippen molar-refractivity contribution in [3.8, 4) is 34.5 Å². The predicted octanol–water partition coefficient (Wildman–Crippen LogP) is 3.46. The second-order valence-electron chi connectivity index (χ2n) is 6.62. The van der Waals surface area contributed by atoms with Crippen molar-refractivity contribution in [3.05, 3.63) is 62.0 Å². The minimum atomic E-state index is -4.53. The summed E-state index contributed by atoms with van der Waals surface area (Å²) in [4.78, 5) is -0.333. The minimum absolute atomic E-state index is 0.0802. The molecule has 0 radical (unpaired) electrons. The van der Waals surface area contributed by atoms with Gasteiger partial charge in [-0.2, -0.15) is 8.42 Å². The van der Waals surface area contributed by atoms with Crippen LogP contribution in [0.1, 0.15) is 16.7 Å². The summed E-state index contributed by atoms with van der Waals surface area (Å²) in [6.07, 6.45) is 0. The molecule has 0 saturated heterocycles. The predicted molar refractivity (Wildman–Crippen MR) is 113 cm³/mol. The van der Waals surface area contributed by atoms with Gasteiger partial charge in [0.1, 0.15) is 4.90 Å². The molecular weight excluding hydrogens is 564 g/mol. The van der Waals surface area contributed by atoms with Gasteiger partial charge in [0, 0.05) is 21.2 Å². The molecule has 9 nitrogen and oxygen atoms in total. The maximum Gasteiger partial charge on any atom is 0.300 e. The van der Waals surface area contributed by atoms with Crippen LogP contribution in [0.4, 0.5) is 0 Å². The van der Waals surface area contributed by atoms with Crippen molar-refractivity contribution in [1.82, 2.24) is 0 Å². The van der Waals surface area contributed by atoms with Crippen LogP contribution in [0.3, 0.4) is 0 Å². The van der Waals surface area contributed by atoms with Gasteiger partial charge in [-0.25, -0.2) is 4.18 Å². The van der Waals surface area contributed by atoms with Gasteiger partial charge in [-0.05, 0) is 62.2 Å². The van der Waals surface area contributed by atoms with Crippen molar-refractivity contribution in [2.45, 2.75) is 10.5 Å². The molecule has 1 aliphatic rings. The Balaban J connectivity index is 2.24. The van der Waals surface area contributed by atoms with E-state index >= 15 is 0 Å². The molecule has 1 aliphatic heterocycles. The van der Waals surface area contributed by atoms with E-state index in [1.54, 1.807) is 0 Å². The summed E-state index contributed by atoms with van der Waals surface area (Å²) in [6.45, 7) is 0. The Morgan fingerprint density at radius 1 is 0.677 bits per heavy atom. The van der Waals surface area contributed by atoms with Crippen molar-refractivity contribution < 1.29 is 43.2 Å². The average molecular weight is 576 g/mol. The molecule has 0 aliphatic carbocycles. The number of fused-ring (bicyclic) bond motifs is 1. The molecule has 0 aromatic heterocycles. The summed E-state index contributed by atoms with van der Waals surface area (Å²) in [5.41, 5.74) is -3.11. The number of phenolic OH excluding ortho intramolecular Hbond substituents is 6. The Morgan fingerprint density at radius 2 is 1.13 bits per heavy atom. The normalized spacial score (nSPS) is 16.2. The zero-order valence-corrected chi connectivity index (χ0v) is 19.0. The van der Waals surface area contributed by atoms with Crippen LogP contribution in [0.25, 0.3) is 0 Å². The summed E-state index contributed by atoms with van der Waals surface area (Å²) in [5.74, 6) is -5.13. The van der Waals surface area contributed by atoms with E-state index < -0.39 is 50.2 Å². The molecule has 6 N–H and O–H groups in total. The van der Waals surface area contributed by atoms with Crippen LogP contribution < -0.4 is 0 Å². The van der Waals surface area contributed by atoms with E-state index in [1.807, 2.05) is 0 Å². The van der Waals surface area contributed by atoms with Crippen LogP contribution in [-0.4, -0.2) is 39.1 Å². The fourth-order valence-electron chi connectivity index (χ4n) is 3.54. The minimum Gasteiger partial charge on any atom is -0.504 e. The lowest BCUT2D eigenvalue weighted by Gasteiger charge is -2.31. The van der Waals surface area contributed by atoms with Gasteiger partial charge in [0.15, 0.2) is 28.6 Å². The van der Waals surface area contributed by atoms with E-state index in [4.69, 9.17) is 4.18 Å². The second kappa shape index (κ2) is 6.92. The molecule has 12 heteroatoms. The Morgan fingerprint density at radius 3 is 1.61 bits per heavy atom. The highest BCUT2D eigenvalue weighted by Gasteiger charge is 2.55. The maximum atomic E-state index is 13.1. The third-order valence-corrected chi connectivity index (χ3v) is 8.60. The molecular formula is C19H12Br2O9S. The van der Waals surface area contributed by atoms with Crippen LogP contribution in [0.2, 0.25) is 0 Å². The smallest absolute Gasteiger partial charge is 0.300 e. The third kappa shape index (κ3) is 2.86. The lowest BCUT2D eigenvalue weighted by Crippen LogP contribution is -2.30. The number of phenols is 6. The fraction of sp³-hybridized carbons (Fsp3) is 0.0526. The second-order valence-corrected chi connectivity index (χ2v) is 9.75. The number of hydrogen-bond donors (Lipinski definition) is 6. The summed E-state index contributed by atoms with van der Waals surface area (Å²) in [5, 5.41) is 60.8. The molecule has 0 amide bonds. The van der Waals surface area contributed by atoms with E-state index in [0.29, 0.717) is 4.47 Å². The SMILES string of the molecule is O=S1(=O)OC(c2ccc(O)c(O)c2O)(c2ccc(O)c(O)c2O)c2ccc(Br)c(Br)c21.